The topological polar surface area (TPSA) is 42.7 Å². The molecule has 0 aliphatic carbocycles. The second-order valence-electron chi connectivity index (χ2n) is 4.89. The van der Waals surface area contributed by atoms with E-state index in [1.54, 1.807) is 11.3 Å². The van der Waals surface area contributed by atoms with Crippen LogP contribution in [0, 0.1) is 20.8 Å². The number of rotatable bonds is 5. The van der Waals surface area contributed by atoms with Crippen LogP contribution in [-0.4, -0.2) is 21.3 Å². The normalized spacial score (nSPS) is 12.9. The van der Waals surface area contributed by atoms with Crippen LogP contribution in [0.25, 0.3) is 0 Å². The Bertz CT molecular complexity index is 536. The molecule has 0 saturated heterocycles. The van der Waals surface area contributed by atoms with Gasteiger partial charge < -0.3 is 5.32 Å². The lowest BCUT2D eigenvalue weighted by Crippen LogP contribution is -2.23. The summed E-state index contributed by atoms with van der Waals surface area (Å²) in [4.78, 5) is 6.00. The molecule has 0 saturated carbocycles. The zero-order valence-corrected chi connectivity index (χ0v) is 13.1. The smallest absolute Gasteiger partial charge is 0.115 e. The van der Waals surface area contributed by atoms with Crippen LogP contribution in [-0.2, 0) is 7.05 Å². The average molecular weight is 278 g/mol. The van der Waals surface area contributed by atoms with Crippen molar-refractivity contribution in [2.45, 2.75) is 40.2 Å². The van der Waals surface area contributed by atoms with E-state index < -0.39 is 0 Å². The van der Waals surface area contributed by atoms with Gasteiger partial charge in [-0.1, -0.05) is 6.92 Å². The molecule has 1 atom stereocenters. The fraction of sp³-hybridized carbons (Fsp3) is 0.571. The Morgan fingerprint density at radius 2 is 2.11 bits per heavy atom. The van der Waals surface area contributed by atoms with Gasteiger partial charge in [-0.05, 0) is 33.7 Å². The molecule has 2 aromatic heterocycles. The molecule has 0 fully saturated rings. The van der Waals surface area contributed by atoms with E-state index in [2.05, 4.69) is 38.1 Å². The van der Waals surface area contributed by atoms with Gasteiger partial charge in [-0.3, -0.25) is 4.68 Å². The molecular formula is C14H22N4S. The van der Waals surface area contributed by atoms with Crippen molar-refractivity contribution in [3.05, 3.63) is 33.0 Å². The Morgan fingerprint density at radius 1 is 1.37 bits per heavy atom. The number of hydrogen-bond acceptors (Lipinski definition) is 4. The lowest BCUT2D eigenvalue weighted by atomic mass is 10.1. The van der Waals surface area contributed by atoms with Gasteiger partial charge in [0.15, 0.2) is 0 Å². The highest BCUT2D eigenvalue weighted by molar-refractivity contribution is 7.11. The number of aryl methyl sites for hydroxylation is 3. The monoisotopic (exact) mass is 278 g/mol. The van der Waals surface area contributed by atoms with Gasteiger partial charge in [0.1, 0.15) is 5.01 Å². The van der Waals surface area contributed by atoms with Gasteiger partial charge in [-0.15, -0.1) is 11.3 Å². The van der Waals surface area contributed by atoms with Crippen LogP contribution in [0.5, 0.6) is 0 Å². The molecule has 5 heteroatoms. The Morgan fingerprint density at radius 3 is 2.58 bits per heavy atom. The third kappa shape index (κ3) is 2.87. The molecule has 0 radical (unpaired) electrons. The fourth-order valence-corrected chi connectivity index (χ4v) is 3.06. The van der Waals surface area contributed by atoms with Crippen molar-refractivity contribution in [2.24, 2.45) is 7.05 Å². The molecule has 2 heterocycles. The highest BCUT2D eigenvalue weighted by Gasteiger charge is 2.21. The van der Waals surface area contributed by atoms with Gasteiger partial charge in [0.2, 0.25) is 0 Å². The quantitative estimate of drug-likeness (QED) is 0.914. The van der Waals surface area contributed by atoms with E-state index in [-0.39, 0.29) is 6.04 Å². The summed E-state index contributed by atoms with van der Waals surface area (Å²) < 4.78 is 1.92. The molecule has 19 heavy (non-hydrogen) atoms. The highest BCUT2D eigenvalue weighted by atomic mass is 32.1. The number of hydrogen-bond donors (Lipinski definition) is 1. The van der Waals surface area contributed by atoms with Crippen LogP contribution in [0.1, 0.15) is 46.2 Å². The molecule has 1 N–H and O–H groups in total. The van der Waals surface area contributed by atoms with Crippen LogP contribution in [0.15, 0.2) is 6.20 Å². The number of nitrogens with zero attached hydrogens (tertiary/aromatic N) is 3. The minimum atomic E-state index is 0.158. The minimum absolute atomic E-state index is 0.158. The van der Waals surface area contributed by atoms with Crippen molar-refractivity contribution in [1.29, 1.82) is 0 Å². The van der Waals surface area contributed by atoms with Gasteiger partial charge in [-0.25, -0.2) is 4.98 Å². The second kappa shape index (κ2) is 5.84. The SMILES string of the molecule is CCCNC(c1nc(C)c(C)s1)c1cnn(C)c1C. The summed E-state index contributed by atoms with van der Waals surface area (Å²) in [6.45, 7) is 9.47. The predicted octanol–water partition coefficient (Wildman–Crippen LogP) is 2.89. The van der Waals surface area contributed by atoms with Crippen molar-refractivity contribution in [2.75, 3.05) is 6.54 Å². The molecular weight excluding hydrogens is 256 g/mol. The first-order valence-electron chi connectivity index (χ1n) is 6.70. The maximum Gasteiger partial charge on any atom is 0.115 e. The molecule has 1 unspecified atom stereocenters. The Labute approximate surface area is 118 Å². The molecule has 0 amide bonds. The molecule has 0 aliphatic heterocycles. The molecule has 104 valence electrons. The van der Waals surface area contributed by atoms with Crippen molar-refractivity contribution >= 4 is 11.3 Å². The van der Waals surface area contributed by atoms with Gasteiger partial charge >= 0.3 is 0 Å². The van der Waals surface area contributed by atoms with Crippen molar-refractivity contribution in [1.82, 2.24) is 20.1 Å². The zero-order chi connectivity index (χ0) is 14.0. The summed E-state index contributed by atoms with van der Waals surface area (Å²) in [5, 5.41) is 9.08. The van der Waals surface area contributed by atoms with Crippen molar-refractivity contribution < 1.29 is 0 Å². The molecule has 0 aromatic carbocycles. The number of thiazole rings is 1. The third-order valence-corrected chi connectivity index (χ3v) is 4.61. The van der Waals surface area contributed by atoms with Gasteiger partial charge in [0.25, 0.3) is 0 Å². The maximum absolute atomic E-state index is 4.71. The third-order valence-electron chi connectivity index (χ3n) is 3.47. The minimum Gasteiger partial charge on any atom is -0.304 e. The number of aromatic nitrogens is 3. The van der Waals surface area contributed by atoms with Gasteiger partial charge in [-0.2, -0.15) is 5.10 Å². The summed E-state index contributed by atoms with van der Waals surface area (Å²) in [7, 11) is 1.98. The zero-order valence-electron chi connectivity index (χ0n) is 12.3. The second-order valence-corrected chi connectivity index (χ2v) is 6.12. The lowest BCUT2D eigenvalue weighted by Gasteiger charge is -2.16. The molecule has 2 rings (SSSR count). The molecule has 0 bridgehead atoms. The first-order valence-corrected chi connectivity index (χ1v) is 7.52. The van der Waals surface area contributed by atoms with Gasteiger partial charge in [0, 0.05) is 23.2 Å². The van der Waals surface area contributed by atoms with E-state index in [4.69, 9.17) is 4.98 Å². The van der Waals surface area contributed by atoms with Crippen LogP contribution in [0.4, 0.5) is 0 Å². The van der Waals surface area contributed by atoms with Crippen molar-refractivity contribution in [3.63, 3.8) is 0 Å². The average Bonchev–Trinajstić information content (AvgIpc) is 2.87. The molecule has 4 nitrogen and oxygen atoms in total. The maximum atomic E-state index is 4.71. The molecule has 2 aromatic rings. The van der Waals surface area contributed by atoms with E-state index in [9.17, 15) is 0 Å². The molecule has 0 spiro atoms. The summed E-state index contributed by atoms with van der Waals surface area (Å²) >= 11 is 1.78. The summed E-state index contributed by atoms with van der Waals surface area (Å²) in [5.41, 5.74) is 3.55. The van der Waals surface area contributed by atoms with Crippen LogP contribution < -0.4 is 5.32 Å². The van der Waals surface area contributed by atoms with Crippen LogP contribution in [0.2, 0.25) is 0 Å². The van der Waals surface area contributed by atoms with Gasteiger partial charge in [0.05, 0.1) is 17.9 Å². The molecule has 0 aliphatic rings. The highest BCUT2D eigenvalue weighted by Crippen LogP contribution is 2.29. The number of nitrogens with one attached hydrogen (secondary N) is 1. The van der Waals surface area contributed by atoms with E-state index in [1.165, 1.54) is 16.1 Å². The predicted molar refractivity (Wildman–Crippen MR) is 79.7 cm³/mol. The Kier molecular flexibility index (Phi) is 4.37. The Hall–Kier alpha value is -1.20. The lowest BCUT2D eigenvalue weighted by molar-refractivity contribution is 0.591. The summed E-state index contributed by atoms with van der Waals surface area (Å²) in [6, 6.07) is 0.158. The van der Waals surface area contributed by atoms with Crippen LogP contribution in [0.3, 0.4) is 0 Å². The van der Waals surface area contributed by atoms with E-state index in [0.29, 0.717) is 0 Å². The summed E-state index contributed by atoms with van der Waals surface area (Å²) in [6.07, 6.45) is 3.06. The van der Waals surface area contributed by atoms with E-state index >= 15 is 0 Å². The largest absolute Gasteiger partial charge is 0.304 e. The first-order chi connectivity index (χ1) is 9.04. The van der Waals surface area contributed by atoms with E-state index in [1.807, 2.05) is 17.9 Å². The first kappa shape index (κ1) is 14.2. The van der Waals surface area contributed by atoms with E-state index in [0.717, 1.165) is 23.7 Å². The fourth-order valence-electron chi connectivity index (χ4n) is 2.04. The summed E-state index contributed by atoms with van der Waals surface area (Å²) in [5.74, 6) is 0. The Balaban J connectivity index is 2.38. The van der Waals surface area contributed by atoms with Crippen molar-refractivity contribution in [3.8, 4) is 0 Å². The van der Waals surface area contributed by atoms with Crippen LogP contribution >= 0.6 is 11.3 Å². The standard InChI is InChI=1S/C14H22N4S/c1-6-7-15-13(12-8-16-18(5)10(12)3)14-17-9(2)11(4)19-14/h8,13,15H,6-7H2,1-5H3.